The van der Waals surface area contributed by atoms with Crippen molar-refractivity contribution < 1.29 is 24.3 Å². The third-order valence-corrected chi connectivity index (χ3v) is 2.66. The van der Waals surface area contributed by atoms with E-state index in [2.05, 4.69) is 0 Å². The number of carboxylic acid groups (broad SMARTS) is 1. The molecule has 1 N–H and O–H groups in total. The number of rotatable bonds is 5. The highest BCUT2D eigenvalue weighted by atomic mass is 16.6. The summed E-state index contributed by atoms with van der Waals surface area (Å²) < 4.78 is 10.4. The van der Waals surface area contributed by atoms with E-state index < -0.39 is 10.9 Å². The van der Waals surface area contributed by atoms with Crippen molar-refractivity contribution in [2.24, 2.45) is 0 Å². The van der Waals surface area contributed by atoms with Crippen molar-refractivity contribution in [2.75, 3.05) is 7.11 Å². The molecular formula is C14H11NO6. The largest absolute Gasteiger partial charge is 0.490 e. The number of nitro groups is 1. The van der Waals surface area contributed by atoms with Gasteiger partial charge in [-0.2, -0.15) is 0 Å². The van der Waals surface area contributed by atoms with Crippen molar-refractivity contribution in [1.82, 2.24) is 0 Å². The fraction of sp³-hybridized carbons (Fsp3) is 0.0714. The second kappa shape index (κ2) is 5.91. The van der Waals surface area contributed by atoms with Crippen molar-refractivity contribution in [3.8, 4) is 17.2 Å². The summed E-state index contributed by atoms with van der Waals surface area (Å²) in [6.07, 6.45) is 0. The fourth-order valence-electron chi connectivity index (χ4n) is 1.70. The first kappa shape index (κ1) is 14.3. The fourth-order valence-corrected chi connectivity index (χ4v) is 1.70. The van der Waals surface area contributed by atoms with E-state index in [1.807, 2.05) is 0 Å². The number of hydrogen-bond acceptors (Lipinski definition) is 5. The summed E-state index contributed by atoms with van der Waals surface area (Å²) in [5.41, 5.74) is -0.0921. The highest BCUT2D eigenvalue weighted by Crippen LogP contribution is 2.33. The summed E-state index contributed by atoms with van der Waals surface area (Å²) in [5, 5.41) is 19.7. The lowest BCUT2D eigenvalue weighted by atomic mass is 10.2. The maximum Gasteiger partial charge on any atom is 0.335 e. The molecule has 0 atom stereocenters. The lowest BCUT2D eigenvalue weighted by Gasteiger charge is -2.08. The molecule has 0 fully saturated rings. The Morgan fingerprint density at radius 1 is 1.19 bits per heavy atom. The van der Waals surface area contributed by atoms with Crippen LogP contribution in [0, 0.1) is 10.1 Å². The molecule has 108 valence electrons. The average Bonchev–Trinajstić information content (AvgIpc) is 2.47. The van der Waals surface area contributed by atoms with Gasteiger partial charge in [0.25, 0.3) is 0 Å². The molecule has 0 aromatic heterocycles. The molecule has 0 radical (unpaired) electrons. The zero-order valence-electron chi connectivity index (χ0n) is 11.0. The topological polar surface area (TPSA) is 98.9 Å². The average molecular weight is 289 g/mol. The summed E-state index contributed by atoms with van der Waals surface area (Å²) >= 11 is 0. The molecule has 0 spiro atoms. The lowest BCUT2D eigenvalue weighted by Crippen LogP contribution is -1.97. The summed E-state index contributed by atoms with van der Waals surface area (Å²) in [5.74, 6) is -0.389. The van der Waals surface area contributed by atoms with Gasteiger partial charge in [0.1, 0.15) is 11.5 Å². The van der Waals surface area contributed by atoms with E-state index in [1.165, 1.54) is 37.4 Å². The Morgan fingerprint density at radius 2 is 1.90 bits per heavy atom. The lowest BCUT2D eigenvalue weighted by molar-refractivity contribution is -0.385. The highest BCUT2D eigenvalue weighted by Gasteiger charge is 2.15. The minimum Gasteiger partial charge on any atom is -0.490 e. The zero-order valence-corrected chi connectivity index (χ0v) is 11.0. The first-order chi connectivity index (χ1) is 10.0. The Kier molecular flexibility index (Phi) is 4.03. The molecule has 2 aromatic rings. The number of methoxy groups -OCH3 is 1. The molecule has 0 aliphatic heterocycles. The number of carbonyl (C=O) groups is 1. The van der Waals surface area contributed by atoms with Crippen molar-refractivity contribution in [2.45, 2.75) is 0 Å². The van der Waals surface area contributed by atoms with Gasteiger partial charge in [0, 0.05) is 12.1 Å². The number of nitrogens with zero attached hydrogens (tertiary/aromatic N) is 1. The monoisotopic (exact) mass is 289 g/mol. The van der Waals surface area contributed by atoms with Crippen LogP contribution in [0.2, 0.25) is 0 Å². The first-order valence-corrected chi connectivity index (χ1v) is 5.85. The van der Waals surface area contributed by atoms with Gasteiger partial charge in [0.2, 0.25) is 5.75 Å². The van der Waals surface area contributed by atoms with Crippen molar-refractivity contribution >= 4 is 11.7 Å². The molecule has 0 amide bonds. The summed E-state index contributed by atoms with van der Waals surface area (Å²) in [6.45, 7) is 0. The van der Waals surface area contributed by atoms with Crippen molar-refractivity contribution in [1.29, 1.82) is 0 Å². The minimum atomic E-state index is -1.07. The van der Waals surface area contributed by atoms with Crippen LogP contribution in [0.25, 0.3) is 0 Å². The molecule has 0 aliphatic rings. The number of aromatic carboxylic acids is 1. The maximum atomic E-state index is 10.9. The smallest absolute Gasteiger partial charge is 0.335 e. The number of carboxylic acids is 1. The maximum absolute atomic E-state index is 10.9. The Balaban J connectivity index is 2.29. The van der Waals surface area contributed by atoms with Gasteiger partial charge in [-0.25, -0.2) is 4.79 Å². The number of hydrogen-bond donors (Lipinski definition) is 1. The highest BCUT2D eigenvalue weighted by molar-refractivity contribution is 5.88. The van der Waals surface area contributed by atoms with Crippen LogP contribution in [-0.4, -0.2) is 23.1 Å². The van der Waals surface area contributed by atoms with Crippen LogP contribution in [-0.2, 0) is 0 Å². The molecule has 0 saturated heterocycles. The van der Waals surface area contributed by atoms with Crippen molar-refractivity contribution in [3.05, 3.63) is 58.1 Å². The molecular weight excluding hydrogens is 278 g/mol. The zero-order chi connectivity index (χ0) is 15.4. The van der Waals surface area contributed by atoms with Crippen LogP contribution in [0.15, 0.2) is 42.5 Å². The van der Waals surface area contributed by atoms with Crippen LogP contribution in [0.5, 0.6) is 17.2 Å². The molecule has 7 heteroatoms. The van der Waals surface area contributed by atoms with E-state index >= 15 is 0 Å². The van der Waals surface area contributed by atoms with Gasteiger partial charge in [-0.05, 0) is 24.3 Å². The standard InChI is InChI=1S/C14H11NO6/c1-20-13-8-11(5-6-12(13)15(18)19)21-10-4-2-3-9(7-10)14(16)17/h2-8H,1H3,(H,16,17). The van der Waals surface area contributed by atoms with Crippen LogP contribution in [0.3, 0.4) is 0 Å². The molecule has 0 bridgehead atoms. The van der Waals surface area contributed by atoms with Gasteiger partial charge >= 0.3 is 11.7 Å². The summed E-state index contributed by atoms with van der Waals surface area (Å²) in [6, 6.07) is 9.96. The summed E-state index contributed by atoms with van der Waals surface area (Å²) in [7, 11) is 1.32. The Morgan fingerprint density at radius 3 is 2.52 bits per heavy atom. The molecule has 21 heavy (non-hydrogen) atoms. The van der Waals surface area contributed by atoms with E-state index in [0.717, 1.165) is 0 Å². The molecule has 2 aromatic carbocycles. The van der Waals surface area contributed by atoms with E-state index in [0.29, 0.717) is 11.5 Å². The second-order valence-corrected chi connectivity index (χ2v) is 4.03. The Bertz CT molecular complexity index is 698. The predicted octanol–water partition coefficient (Wildman–Crippen LogP) is 3.09. The van der Waals surface area contributed by atoms with Gasteiger partial charge in [-0.3, -0.25) is 10.1 Å². The van der Waals surface area contributed by atoms with Gasteiger partial charge in [-0.15, -0.1) is 0 Å². The molecule has 7 nitrogen and oxygen atoms in total. The number of nitro benzene ring substituents is 1. The molecule has 0 heterocycles. The molecule has 0 aliphatic carbocycles. The van der Waals surface area contributed by atoms with Gasteiger partial charge in [0.05, 0.1) is 17.6 Å². The first-order valence-electron chi connectivity index (χ1n) is 5.85. The predicted molar refractivity (Wildman–Crippen MR) is 73.1 cm³/mol. The molecule has 0 unspecified atom stereocenters. The third kappa shape index (κ3) is 3.27. The SMILES string of the molecule is COc1cc(Oc2cccc(C(=O)O)c2)ccc1[N+](=O)[O-]. The number of ether oxygens (including phenoxy) is 2. The minimum absolute atomic E-state index is 0.0619. The van der Waals surface area contributed by atoms with Crippen LogP contribution in [0.4, 0.5) is 5.69 Å². The Labute approximate surface area is 119 Å². The van der Waals surface area contributed by atoms with Crippen LogP contribution < -0.4 is 9.47 Å². The quantitative estimate of drug-likeness (QED) is 0.670. The number of benzene rings is 2. The van der Waals surface area contributed by atoms with Crippen LogP contribution >= 0.6 is 0 Å². The van der Waals surface area contributed by atoms with E-state index in [9.17, 15) is 14.9 Å². The third-order valence-electron chi connectivity index (χ3n) is 2.66. The van der Waals surface area contributed by atoms with E-state index in [4.69, 9.17) is 14.6 Å². The van der Waals surface area contributed by atoms with E-state index in [-0.39, 0.29) is 17.0 Å². The van der Waals surface area contributed by atoms with E-state index in [1.54, 1.807) is 12.1 Å². The van der Waals surface area contributed by atoms with Crippen LogP contribution in [0.1, 0.15) is 10.4 Å². The second-order valence-electron chi connectivity index (χ2n) is 4.03. The summed E-state index contributed by atoms with van der Waals surface area (Å²) in [4.78, 5) is 21.1. The molecule has 2 rings (SSSR count). The molecule has 0 saturated carbocycles. The Hall–Kier alpha value is -3.09. The van der Waals surface area contributed by atoms with Gasteiger partial charge < -0.3 is 14.6 Å². The van der Waals surface area contributed by atoms with Crippen molar-refractivity contribution in [3.63, 3.8) is 0 Å². The van der Waals surface area contributed by atoms with Gasteiger partial charge in [0.15, 0.2) is 0 Å². The van der Waals surface area contributed by atoms with Gasteiger partial charge in [-0.1, -0.05) is 6.07 Å². The normalized spacial score (nSPS) is 9.95.